The molecule has 0 aliphatic carbocycles. The van der Waals surface area contributed by atoms with Crippen LogP contribution in [0.4, 0.5) is 0 Å². The van der Waals surface area contributed by atoms with Crippen molar-refractivity contribution in [2.24, 2.45) is 0 Å². The first-order valence-electron chi connectivity index (χ1n) is 4.43. The fourth-order valence-electron chi connectivity index (χ4n) is 1.50. The van der Waals surface area contributed by atoms with E-state index in [9.17, 15) is 19.5 Å². The maximum atomic E-state index is 10.9. The number of hydrogen-bond acceptors (Lipinski definition) is 5. The van der Waals surface area contributed by atoms with Crippen LogP contribution in [0.2, 0.25) is 0 Å². The average Bonchev–Trinajstić information content (AvgIpc) is 2.85. The minimum Gasteiger partial charge on any atom is -0.481 e. The Balaban J connectivity index is 3.01. The lowest BCUT2D eigenvalue weighted by atomic mass is 9.90. The molecular formula is C8H11NO7. The molecule has 0 bridgehead atoms. The van der Waals surface area contributed by atoms with E-state index in [0.717, 1.165) is 0 Å². The molecule has 0 aromatic heterocycles. The fraction of sp³-hybridized carbons (Fsp3) is 0.625. The molecule has 1 heterocycles. The molecule has 90 valence electrons. The molecule has 1 aliphatic rings. The summed E-state index contributed by atoms with van der Waals surface area (Å²) in [5.41, 5.74) is -2.81. The van der Waals surface area contributed by atoms with Crippen molar-refractivity contribution in [1.82, 2.24) is 4.90 Å². The second kappa shape index (κ2) is 4.06. The van der Waals surface area contributed by atoms with Gasteiger partial charge in [0.05, 0.1) is 6.42 Å². The first kappa shape index (κ1) is 12.4. The molecule has 8 heteroatoms. The fourth-order valence-corrected chi connectivity index (χ4v) is 1.50. The molecule has 4 N–H and O–H groups in total. The number of nitrogens with zero attached hydrogens (tertiary/aromatic N) is 1. The first-order chi connectivity index (χ1) is 7.29. The lowest BCUT2D eigenvalue weighted by Crippen LogP contribution is -2.58. The van der Waals surface area contributed by atoms with Crippen LogP contribution in [0.5, 0.6) is 0 Å². The van der Waals surface area contributed by atoms with Crippen molar-refractivity contribution in [3.63, 3.8) is 0 Å². The highest BCUT2D eigenvalue weighted by Crippen LogP contribution is 2.26. The summed E-state index contributed by atoms with van der Waals surface area (Å²) >= 11 is 0. The smallest absolute Gasteiger partial charge is 0.338 e. The van der Waals surface area contributed by atoms with Crippen LogP contribution in [-0.2, 0) is 14.4 Å². The molecule has 0 saturated carbocycles. The van der Waals surface area contributed by atoms with Crippen molar-refractivity contribution >= 4 is 17.9 Å². The zero-order valence-corrected chi connectivity index (χ0v) is 8.16. The SMILES string of the molecule is O=C(O)CC(O)(C(=O)O)C(C(=O)O)N1CC1. The van der Waals surface area contributed by atoms with E-state index in [4.69, 9.17) is 15.3 Å². The molecule has 2 atom stereocenters. The summed E-state index contributed by atoms with van der Waals surface area (Å²) in [5.74, 6) is -4.98. The van der Waals surface area contributed by atoms with Gasteiger partial charge >= 0.3 is 17.9 Å². The lowest BCUT2D eigenvalue weighted by Gasteiger charge is -2.28. The van der Waals surface area contributed by atoms with E-state index in [-0.39, 0.29) is 0 Å². The summed E-state index contributed by atoms with van der Waals surface area (Å²) in [6.45, 7) is 0.651. The highest BCUT2D eigenvalue weighted by atomic mass is 16.4. The Morgan fingerprint density at radius 1 is 1.19 bits per heavy atom. The molecule has 16 heavy (non-hydrogen) atoms. The van der Waals surface area contributed by atoms with E-state index >= 15 is 0 Å². The minimum absolute atomic E-state index is 0.326. The zero-order chi connectivity index (χ0) is 12.5. The van der Waals surface area contributed by atoms with E-state index in [0.29, 0.717) is 13.1 Å². The van der Waals surface area contributed by atoms with Crippen molar-refractivity contribution in [2.75, 3.05) is 13.1 Å². The molecule has 0 amide bonds. The number of hydrogen-bond donors (Lipinski definition) is 4. The summed E-state index contributed by atoms with van der Waals surface area (Å²) < 4.78 is 0. The monoisotopic (exact) mass is 233 g/mol. The largest absolute Gasteiger partial charge is 0.481 e. The summed E-state index contributed by atoms with van der Waals surface area (Å²) in [7, 11) is 0. The van der Waals surface area contributed by atoms with Crippen molar-refractivity contribution in [3.05, 3.63) is 0 Å². The lowest BCUT2D eigenvalue weighted by molar-refractivity contribution is -0.177. The predicted molar refractivity (Wildman–Crippen MR) is 47.8 cm³/mol. The van der Waals surface area contributed by atoms with Crippen LogP contribution in [0.3, 0.4) is 0 Å². The van der Waals surface area contributed by atoms with Gasteiger partial charge < -0.3 is 20.4 Å². The van der Waals surface area contributed by atoms with Crippen LogP contribution in [0, 0.1) is 0 Å². The molecule has 1 rings (SSSR count). The molecular weight excluding hydrogens is 222 g/mol. The Kier molecular flexibility index (Phi) is 3.15. The van der Waals surface area contributed by atoms with Gasteiger partial charge in [-0.15, -0.1) is 0 Å². The Morgan fingerprint density at radius 3 is 1.94 bits per heavy atom. The van der Waals surface area contributed by atoms with Crippen LogP contribution in [0.1, 0.15) is 6.42 Å². The summed E-state index contributed by atoms with van der Waals surface area (Å²) in [6.07, 6.45) is -1.16. The van der Waals surface area contributed by atoms with Gasteiger partial charge in [-0.3, -0.25) is 14.5 Å². The van der Waals surface area contributed by atoms with Gasteiger partial charge in [0.2, 0.25) is 0 Å². The van der Waals surface area contributed by atoms with Crippen LogP contribution in [0.15, 0.2) is 0 Å². The maximum absolute atomic E-state index is 10.9. The van der Waals surface area contributed by atoms with Gasteiger partial charge in [-0.1, -0.05) is 0 Å². The predicted octanol–water partition coefficient (Wildman–Crippen LogP) is -1.95. The third kappa shape index (κ3) is 2.28. The van der Waals surface area contributed by atoms with E-state index in [1.165, 1.54) is 4.90 Å². The van der Waals surface area contributed by atoms with E-state index in [2.05, 4.69) is 0 Å². The first-order valence-corrected chi connectivity index (χ1v) is 4.43. The number of aliphatic carboxylic acids is 3. The van der Waals surface area contributed by atoms with Gasteiger partial charge in [0.25, 0.3) is 0 Å². The molecule has 1 saturated heterocycles. The Morgan fingerprint density at radius 2 is 1.69 bits per heavy atom. The topological polar surface area (TPSA) is 135 Å². The number of carboxylic acid groups (broad SMARTS) is 3. The van der Waals surface area contributed by atoms with Crippen LogP contribution in [0.25, 0.3) is 0 Å². The Hall–Kier alpha value is -1.67. The normalized spacial score (nSPS) is 20.8. The number of carbonyl (C=O) groups is 3. The van der Waals surface area contributed by atoms with Gasteiger partial charge in [-0.05, 0) is 0 Å². The molecule has 8 nitrogen and oxygen atoms in total. The number of aliphatic hydroxyl groups is 1. The Labute approximate surface area is 89.7 Å². The number of rotatable bonds is 6. The molecule has 0 aromatic carbocycles. The summed E-state index contributed by atoms with van der Waals surface area (Å²) in [6, 6.07) is -1.74. The van der Waals surface area contributed by atoms with E-state index in [1.807, 2.05) is 0 Å². The molecule has 0 aromatic rings. The summed E-state index contributed by atoms with van der Waals surface area (Å²) in [5, 5.41) is 35.8. The molecule has 2 unspecified atom stereocenters. The number of carboxylic acids is 3. The van der Waals surface area contributed by atoms with Gasteiger partial charge in [0.1, 0.15) is 6.04 Å². The van der Waals surface area contributed by atoms with E-state index < -0.39 is 36.0 Å². The third-order valence-corrected chi connectivity index (χ3v) is 2.32. The van der Waals surface area contributed by atoms with Crippen LogP contribution < -0.4 is 0 Å². The van der Waals surface area contributed by atoms with Gasteiger partial charge in [-0.2, -0.15) is 0 Å². The highest BCUT2D eigenvalue weighted by molar-refractivity contribution is 5.91. The van der Waals surface area contributed by atoms with Crippen LogP contribution in [-0.4, -0.2) is 68.0 Å². The Bertz CT molecular complexity index is 337. The van der Waals surface area contributed by atoms with Gasteiger partial charge in [0, 0.05) is 13.1 Å². The van der Waals surface area contributed by atoms with Gasteiger partial charge in [-0.25, -0.2) is 4.79 Å². The highest BCUT2D eigenvalue weighted by Gasteiger charge is 2.55. The maximum Gasteiger partial charge on any atom is 0.338 e. The molecule has 0 spiro atoms. The van der Waals surface area contributed by atoms with Crippen molar-refractivity contribution in [3.8, 4) is 0 Å². The minimum atomic E-state index is -2.81. The average molecular weight is 233 g/mol. The second-order valence-electron chi connectivity index (χ2n) is 3.58. The standard InChI is InChI=1S/C8H11NO7/c10-4(11)3-8(16,7(14)15)5(6(12)13)9-1-2-9/h5,16H,1-3H2,(H,10,11)(H,12,13)(H,14,15). The van der Waals surface area contributed by atoms with Gasteiger partial charge in [0.15, 0.2) is 5.60 Å². The zero-order valence-electron chi connectivity index (χ0n) is 8.16. The van der Waals surface area contributed by atoms with Crippen molar-refractivity contribution in [1.29, 1.82) is 0 Å². The third-order valence-electron chi connectivity index (χ3n) is 2.32. The second-order valence-corrected chi connectivity index (χ2v) is 3.58. The molecule has 1 aliphatic heterocycles. The molecule has 1 fully saturated rings. The summed E-state index contributed by atoms with van der Waals surface area (Å²) in [4.78, 5) is 33.3. The quantitative estimate of drug-likeness (QED) is 0.388. The molecule has 0 radical (unpaired) electrons. The van der Waals surface area contributed by atoms with Crippen molar-refractivity contribution < 1.29 is 34.8 Å². The van der Waals surface area contributed by atoms with Crippen molar-refractivity contribution in [2.45, 2.75) is 18.1 Å². The van der Waals surface area contributed by atoms with Crippen LogP contribution >= 0.6 is 0 Å². The van der Waals surface area contributed by atoms with E-state index in [1.54, 1.807) is 0 Å².